The average Bonchev–Trinajstić information content (AvgIpc) is 2.57. The van der Waals surface area contributed by atoms with Crippen molar-refractivity contribution in [2.24, 2.45) is 0 Å². The number of nitrogens with one attached hydrogen (secondary N) is 1. The molecule has 5 heteroatoms. The molecule has 86 valence electrons. The van der Waals surface area contributed by atoms with Crippen LogP contribution in [0.5, 0.6) is 0 Å². The molecule has 1 N–H and O–H groups in total. The van der Waals surface area contributed by atoms with Gasteiger partial charge < -0.3 is 10.1 Å². The normalized spacial score (nSPS) is 13.1. The molecule has 4 nitrogen and oxygen atoms in total. The summed E-state index contributed by atoms with van der Waals surface area (Å²) >= 11 is 6.09. The number of hydrogen-bond donors (Lipinski definition) is 1. The Hall–Kier alpha value is -0.580. The number of hydrogen-bond acceptors (Lipinski definition) is 3. The summed E-state index contributed by atoms with van der Waals surface area (Å²) in [5, 5.41) is 8.25. The van der Waals surface area contributed by atoms with E-state index in [1.54, 1.807) is 13.3 Å². The molecule has 0 aliphatic rings. The van der Waals surface area contributed by atoms with Crippen molar-refractivity contribution in [1.82, 2.24) is 15.1 Å². The highest BCUT2D eigenvalue weighted by atomic mass is 35.5. The Bertz CT molecular complexity index is 301. The third-order valence-electron chi connectivity index (χ3n) is 2.26. The molecule has 1 rings (SSSR count). The molecule has 15 heavy (non-hydrogen) atoms. The Balaban J connectivity index is 2.78. The highest BCUT2D eigenvalue weighted by Gasteiger charge is 2.14. The van der Waals surface area contributed by atoms with E-state index in [0.717, 1.165) is 18.8 Å². The van der Waals surface area contributed by atoms with Crippen LogP contribution in [-0.2, 0) is 11.3 Å². The summed E-state index contributed by atoms with van der Waals surface area (Å²) in [6.45, 7) is 6.43. The monoisotopic (exact) mass is 231 g/mol. The molecule has 1 heterocycles. The lowest BCUT2D eigenvalue weighted by Crippen LogP contribution is -2.22. The zero-order chi connectivity index (χ0) is 11.3. The average molecular weight is 232 g/mol. The van der Waals surface area contributed by atoms with Crippen LogP contribution in [0, 0.1) is 0 Å². The minimum absolute atomic E-state index is 0.210. The van der Waals surface area contributed by atoms with Crippen LogP contribution in [0.15, 0.2) is 6.20 Å². The quantitative estimate of drug-likeness (QED) is 0.812. The maximum atomic E-state index is 6.09. The van der Waals surface area contributed by atoms with E-state index in [0.29, 0.717) is 11.6 Å². The van der Waals surface area contributed by atoms with Gasteiger partial charge in [-0.2, -0.15) is 5.10 Å². The molecule has 1 unspecified atom stereocenters. The van der Waals surface area contributed by atoms with Gasteiger partial charge in [0.25, 0.3) is 0 Å². The van der Waals surface area contributed by atoms with E-state index in [1.807, 2.05) is 4.68 Å². The largest absolute Gasteiger partial charge is 0.383 e. The van der Waals surface area contributed by atoms with Crippen LogP contribution in [0.25, 0.3) is 0 Å². The minimum Gasteiger partial charge on any atom is -0.383 e. The van der Waals surface area contributed by atoms with E-state index in [-0.39, 0.29) is 6.04 Å². The molecule has 0 amide bonds. The van der Waals surface area contributed by atoms with Gasteiger partial charge in [0, 0.05) is 13.2 Å². The van der Waals surface area contributed by atoms with E-state index in [2.05, 4.69) is 24.3 Å². The third kappa shape index (κ3) is 3.19. The first-order valence-corrected chi connectivity index (χ1v) is 5.52. The Labute approximate surface area is 95.6 Å². The molecule has 0 aliphatic carbocycles. The zero-order valence-electron chi connectivity index (χ0n) is 9.46. The van der Waals surface area contributed by atoms with Crippen molar-refractivity contribution < 1.29 is 4.74 Å². The van der Waals surface area contributed by atoms with Gasteiger partial charge in [-0.3, -0.25) is 4.68 Å². The lowest BCUT2D eigenvalue weighted by atomic mass is 10.2. The standard InChI is InChI=1S/C10H18ClN3O/c1-4-12-8(2)10-9(11)7-13-14(10)5-6-15-3/h7-8,12H,4-6H2,1-3H3. The van der Waals surface area contributed by atoms with Crippen molar-refractivity contribution in [3.63, 3.8) is 0 Å². The predicted octanol–water partition coefficient (Wildman–Crippen LogP) is 1.85. The van der Waals surface area contributed by atoms with Gasteiger partial charge in [0.2, 0.25) is 0 Å². The van der Waals surface area contributed by atoms with Crippen LogP contribution in [0.2, 0.25) is 5.02 Å². The van der Waals surface area contributed by atoms with Gasteiger partial charge in [-0.15, -0.1) is 0 Å². The fraction of sp³-hybridized carbons (Fsp3) is 0.700. The molecule has 0 spiro atoms. The Morgan fingerprint density at radius 3 is 3.00 bits per heavy atom. The predicted molar refractivity (Wildman–Crippen MR) is 61.2 cm³/mol. The van der Waals surface area contributed by atoms with Gasteiger partial charge in [-0.25, -0.2) is 0 Å². The van der Waals surface area contributed by atoms with Gasteiger partial charge in [0.1, 0.15) is 0 Å². The highest BCUT2D eigenvalue weighted by Crippen LogP contribution is 2.22. The molecule has 0 radical (unpaired) electrons. The molecule has 0 aliphatic heterocycles. The van der Waals surface area contributed by atoms with Crippen molar-refractivity contribution >= 4 is 11.6 Å². The molecule has 1 aromatic heterocycles. The van der Waals surface area contributed by atoms with Crippen LogP contribution in [0.3, 0.4) is 0 Å². The lowest BCUT2D eigenvalue weighted by molar-refractivity contribution is 0.182. The molecule has 0 aromatic carbocycles. The van der Waals surface area contributed by atoms with E-state index in [9.17, 15) is 0 Å². The molecule has 0 bridgehead atoms. The molecule has 1 aromatic rings. The number of rotatable bonds is 6. The van der Waals surface area contributed by atoms with Gasteiger partial charge in [-0.05, 0) is 13.5 Å². The number of aromatic nitrogens is 2. The van der Waals surface area contributed by atoms with Gasteiger partial charge in [0.15, 0.2) is 0 Å². The van der Waals surface area contributed by atoms with E-state index < -0.39 is 0 Å². The highest BCUT2D eigenvalue weighted by molar-refractivity contribution is 6.31. The maximum absolute atomic E-state index is 6.09. The van der Waals surface area contributed by atoms with Crippen molar-refractivity contribution in [3.8, 4) is 0 Å². The summed E-state index contributed by atoms with van der Waals surface area (Å²) in [7, 11) is 1.68. The second-order valence-electron chi connectivity index (χ2n) is 3.37. The van der Waals surface area contributed by atoms with Gasteiger partial charge in [0.05, 0.1) is 30.1 Å². The smallest absolute Gasteiger partial charge is 0.0834 e. The van der Waals surface area contributed by atoms with Gasteiger partial charge in [-0.1, -0.05) is 18.5 Å². The second-order valence-corrected chi connectivity index (χ2v) is 3.78. The van der Waals surface area contributed by atoms with Gasteiger partial charge >= 0.3 is 0 Å². The number of halogens is 1. The van der Waals surface area contributed by atoms with Crippen LogP contribution < -0.4 is 5.32 Å². The van der Waals surface area contributed by atoms with Crippen LogP contribution >= 0.6 is 11.6 Å². The minimum atomic E-state index is 0.210. The first-order chi connectivity index (χ1) is 7.20. The molecular formula is C10H18ClN3O. The Kier molecular flexibility index (Phi) is 5.08. The van der Waals surface area contributed by atoms with Crippen LogP contribution in [-0.4, -0.2) is 30.0 Å². The maximum Gasteiger partial charge on any atom is 0.0834 e. The zero-order valence-corrected chi connectivity index (χ0v) is 10.2. The fourth-order valence-corrected chi connectivity index (χ4v) is 1.87. The van der Waals surface area contributed by atoms with E-state index >= 15 is 0 Å². The first kappa shape index (κ1) is 12.5. The topological polar surface area (TPSA) is 39.1 Å². The van der Waals surface area contributed by atoms with Crippen molar-refractivity contribution in [2.45, 2.75) is 26.4 Å². The third-order valence-corrected chi connectivity index (χ3v) is 2.55. The summed E-state index contributed by atoms with van der Waals surface area (Å²) in [5.41, 5.74) is 1.02. The molecule has 1 atom stereocenters. The lowest BCUT2D eigenvalue weighted by Gasteiger charge is -2.15. The van der Waals surface area contributed by atoms with Crippen LogP contribution in [0.4, 0.5) is 0 Å². The summed E-state index contributed by atoms with van der Waals surface area (Å²) in [6, 6.07) is 0.210. The second kappa shape index (κ2) is 6.10. The summed E-state index contributed by atoms with van der Waals surface area (Å²) in [5.74, 6) is 0. The van der Waals surface area contributed by atoms with Crippen molar-refractivity contribution in [3.05, 3.63) is 16.9 Å². The van der Waals surface area contributed by atoms with Crippen LogP contribution in [0.1, 0.15) is 25.6 Å². The summed E-state index contributed by atoms with van der Waals surface area (Å²) < 4.78 is 6.91. The van der Waals surface area contributed by atoms with E-state index in [1.165, 1.54) is 0 Å². The van der Waals surface area contributed by atoms with Crippen molar-refractivity contribution in [2.75, 3.05) is 20.3 Å². The summed E-state index contributed by atoms with van der Waals surface area (Å²) in [6.07, 6.45) is 1.68. The summed E-state index contributed by atoms with van der Waals surface area (Å²) in [4.78, 5) is 0. The Morgan fingerprint density at radius 2 is 2.40 bits per heavy atom. The SMILES string of the molecule is CCNC(C)c1c(Cl)cnn1CCOC. The molecule has 0 saturated carbocycles. The first-order valence-electron chi connectivity index (χ1n) is 5.14. The number of nitrogens with zero attached hydrogens (tertiary/aromatic N) is 2. The molecule has 0 saturated heterocycles. The number of methoxy groups -OCH3 is 1. The number of ether oxygens (including phenoxy) is 1. The van der Waals surface area contributed by atoms with Crippen molar-refractivity contribution in [1.29, 1.82) is 0 Å². The molecule has 0 fully saturated rings. The molecular weight excluding hydrogens is 214 g/mol. The Morgan fingerprint density at radius 1 is 1.67 bits per heavy atom. The fourth-order valence-electron chi connectivity index (χ4n) is 1.56. The van der Waals surface area contributed by atoms with E-state index in [4.69, 9.17) is 16.3 Å².